The van der Waals surface area contributed by atoms with Crippen LogP contribution in [0.2, 0.25) is 0 Å². The monoisotopic (exact) mass is 384 g/mol. The topological polar surface area (TPSA) is 58.5 Å². The lowest BCUT2D eigenvalue weighted by Crippen LogP contribution is -2.43. The highest BCUT2D eigenvalue weighted by Crippen LogP contribution is 2.35. The first-order valence-corrected chi connectivity index (χ1v) is 10.3. The molecule has 0 saturated carbocycles. The number of aromatic nitrogens is 2. The van der Waals surface area contributed by atoms with Crippen molar-refractivity contribution >= 4 is 22.5 Å². The first kappa shape index (κ1) is 18.0. The highest BCUT2D eigenvalue weighted by atomic mass is 16.2. The van der Waals surface area contributed by atoms with Gasteiger partial charge >= 0.3 is 0 Å². The molecule has 2 atom stereocenters. The fourth-order valence-electron chi connectivity index (χ4n) is 4.56. The van der Waals surface area contributed by atoms with Gasteiger partial charge in [0, 0.05) is 48.5 Å². The summed E-state index contributed by atoms with van der Waals surface area (Å²) in [6.45, 7) is 4.64. The van der Waals surface area contributed by atoms with Gasteiger partial charge in [0.25, 0.3) is 0 Å². The molecular formula is C24H24N4O. The number of fused-ring (bicyclic) bond motifs is 1. The van der Waals surface area contributed by atoms with Crippen molar-refractivity contribution < 1.29 is 4.79 Å². The van der Waals surface area contributed by atoms with Crippen LogP contribution in [0.15, 0.2) is 60.0 Å². The minimum absolute atomic E-state index is 0.181. The van der Waals surface area contributed by atoms with Crippen LogP contribution in [0, 0.1) is 5.92 Å². The van der Waals surface area contributed by atoms with Crippen molar-refractivity contribution in [1.82, 2.24) is 14.9 Å². The molecule has 3 aromatic rings. The lowest BCUT2D eigenvalue weighted by molar-refractivity contribution is -0.132. The summed E-state index contributed by atoms with van der Waals surface area (Å²) in [5, 5.41) is 1.19. The van der Waals surface area contributed by atoms with Crippen molar-refractivity contribution in [3.63, 3.8) is 0 Å². The highest BCUT2D eigenvalue weighted by molar-refractivity contribution is 6.17. The van der Waals surface area contributed by atoms with Crippen molar-refractivity contribution in [3.8, 4) is 0 Å². The van der Waals surface area contributed by atoms with E-state index in [1.165, 1.54) is 10.9 Å². The number of aliphatic imine (C=N–C) groups is 1. The zero-order valence-electron chi connectivity index (χ0n) is 16.6. The van der Waals surface area contributed by atoms with Crippen molar-refractivity contribution in [2.75, 3.05) is 19.6 Å². The van der Waals surface area contributed by atoms with Crippen molar-refractivity contribution in [1.29, 1.82) is 0 Å². The minimum atomic E-state index is 0.181. The van der Waals surface area contributed by atoms with Crippen LogP contribution in [0.1, 0.15) is 36.0 Å². The molecule has 2 aliphatic heterocycles. The Bertz CT molecular complexity index is 1090. The number of pyridine rings is 2. The van der Waals surface area contributed by atoms with Crippen molar-refractivity contribution in [3.05, 3.63) is 71.7 Å². The van der Waals surface area contributed by atoms with Crippen LogP contribution in [0.4, 0.5) is 0 Å². The maximum atomic E-state index is 13.0. The molecule has 5 nitrogen and oxygen atoms in total. The zero-order chi connectivity index (χ0) is 19.8. The Morgan fingerprint density at radius 1 is 1.14 bits per heavy atom. The number of nitrogens with zero attached hydrogens (tertiary/aromatic N) is 4. The van der Waals surface area contributed by atoms with E-state index in [9.17, 15) is 4.79 Å². The second-order valence-electron chi connectivity index (χ2n) is 8.24. The highest BCUT2D eigenvalue weighted by Gasteiger charge is 2.30. The molecule has 0 N–H and O–H groups in total. The van der Waals surface area contributed by atoms with Crippen LogP contribution in [0.5, 0.6) is 0 Å². The first-order chi connectivity index (χ1) is 14.2. The van der Waals surface area contributed by atoms with Crippen LogP contribution in [-0.4, -0.2) is 46.1 Å². The van der Waals surface area contributed by atoms with Gasteiger partial charge in [-0.15, -0.1) is 0 Å². The van der Waals surface area contributed by atoms with Crippen molar-refractivity contribution in [2.45, 2.75) is 25.7 Å². The average Bonchev–Trinajstić information content (AvgIpc) is 3.58. The third-order valence-electron chi connectivity index (χ3n) is 5.96. The fraction of sp³-hybridized carbons (Fsp3) is 0.333. The molecule has 1 amide bonds. The largest absolute Gasteiger partial charge is 0.342 e. The van der Waals surface area contributed by atoms with Gasteiger partial charge in [0.2, 0.25) is 5.91 Å². The van der Waals surface area contributed by atoms with Crippen molar-refractivity contribution in [2.24, 2.45) is 10.9 Å². The number of carbonyl (C=O) groups is 1. The molecule has 146 valence electrons. The molecule has 2 aliphatic rings. The number of hydrogen-bond acceptors (Lipinski definition) is 4. The number of likely N-dealkylation sites (tertiary alicyclic amines) is 1. The molecule has 0 bridgehead atoms. The molecule has 5 heteroatoms. The molecular weight excluding hydrogens is 360 g/mol. The average molecular weight is 384 g/mol. The maximum Gasteiger partial charge on any atom is 0.227 e. The fourth-order valence-corrected chi connectivity index (χ4v) is 4.56. The summed E-state index contributed by atoms with van der Waals surface area (Å²) in [4.78, 5) is 28.2. The first-order valence-electron chi connectivity index (χ1n) is 10.3. The Hall–Kier alpha value is -3.08. The van der Waals surface area contributed by atoms with E-state index in [1.54, 1.807) is 12.4 Å². The summed E-state index contributed by atoms with van der Waals surface area (Å²) >= 11 is 0. The van der Waals surface area contributed by atoms with Crippen LogP contribution >= 0.6 is 0 Å². The van der Waals surface area contributed by atoms with E-state index in [4.69, 9.17) is 0 Å². The number of rotatable bonds is 4. The lowest BCUT2D eigenvalue weighted by Gasteiger charge is -2.37. The van der Waals surface area contributed by atoms with Crippen LogP contribution in [0.3, 0.4) is 0 Å². The standard InChI is InChI=1S/C24H24N4O/c1-16-10-18(15-28(14-16)23(29)11-17-4-2-8-25-12-17)19-6-7-21(22-13-27-22)24-20(19)5-3-9-26-24/h2-9,12,16,18H,10-11,13-15H2,1H3/t16?,18-/m1/s1. The van der Waals surface area contributed by atoms with E-state index in [2.05, 4.69) is 40.1 Å². The predicted octanol–water partition coefficient (Wildman–Crippen LogP) is 3.63. The molecule has 0 spiro atoms. The summed E-state index contributed by atoms with van der Waals surface area (Å²) in [6.07, 6.45) is 6.87. The van der Waals surface area contributed by atoms with Gasteiger partial charge < -0.3 is 4.90 Å². The predicted molar refractivity (Wildman–Crippen MR) is 114 cm³/mol. The molecule has 1 aromatic carbocycles. The van der Waals surface area contributed by atoms with E-state index in [0.29, 0.717) is 18.3 Å². The maximum absolute atomic E-state index is 13.0. The third kappa shape index (κ3) is 3.65. The Kier molecular flexibility index (Phi) is 4.58. The van der Waals surface area contributed by atoms with Crippen LogP contribution in [-0.2, 0) is 11.2 Å². The second kappa shape index (κ2) is 7.39. The van der Waals surface area contributed by atoms with Gasteiger partial charge in [0.1, 0.15) is 0 Å². The van der Waals surface area contributed by atoms with E-state index in [0.717, 1.165) is 48.4 Å². The summed E-state index contributed by atoms with van der Waals surface area (Å²) in [7, 11) is 0. The van der Waals surface area contributed by atoms with E-state index in [1.807, 2.05) is 29.3 Å². The minimum Gasteiger partial charge on any atom is -0.342 e. The second-order valence-corrected chi connectivity index (χ2v) is 8.24. The van der Waals surface area contributed by atoms with Crippen LogP contribution in [0.25, 0.3) is 10.9 Å². The molecule has 1 saturated heterocycles. The molecule has 1 fully saturated rings. The molecule has 0 radical (unpaired) electrons. The summed E-state index contributed by atoms with van der Waals surface area (Å²) < 4.78 is 0. The summed E-state index contributed by atoms with van der Waals surface area (Å²) in [5.41, 5.74) is 5.59. The normalized spacial score (nSPS) is 21.1. The number of benzene rings is 1. The van der Waals surface area contributed by atoms with Gasteiger partial charge in [0.05, 0.1) is 24.2 Å². The van der Waals surface area contributed by atoms with Gasteiger partial charge in [0.15, 0.2) is 0 Å². The number of piperidine rings is 1. The Balaban J connectivity index is 1.43. The number of hydrogen-bond donors (Lipinski definition) is 0. The van der Waals surface area contributed by atoms with Gasteiger partial charge in [-0.05, 0) is 35.6 Å². The quantitative estimate of drug-likeness (QED) is 0.690. The Labute approximate surface area is 170 Å². The lowest BCUT2D eigenvalue weighted by atomic mass is 9.83. The Morgan fingerprint density at radius 3 is 2.79 bits per heavy atom. The SMILES string of the molecule is CC1C[C@@H](c2ccc(C3=NC3)c3ncccc23)CN(C(=O)Cc2cccnc2)C1. The van der Waals surface area contributed by atoms with E-state index in [-0.39, 0.29) is 5.91 Å². The van der Waals surface area contributed by atoms with E-state index >= 15 is 0 Å². The summed E-state index contributed by atoms with van der Waals surface area (Å²) in [5.74, 6) is 0.963. The molecule has 5 rings (SSSR count). The molecule has 29 heavy (non-hydrogen) atoms. The van der Waals surface area contributed by atoms with Crippen LogP contribution < -0.4 is 0 Å². The molecule has 4 heterocycles. The van der Waals surface area contributed by atoms with E-state index < -0.39 is 0 Å². The molecule has 1 unspecified atom stereocenters. The summed E-state index contributed by atoms with van der Waals surface area (Å²) in [6, 6.07) is 12.4. The van der Waals surface area contributed by atoms with Gasteiger partial charge in [-0.2, -0.15) is 0 Å². The number of amides is 1. The van der Waals surface area contributed by atoms with Gasteiger partial charge in [-0.25, -0.2) is 0 Å². The smallest absolute Gasteiger partial charge is 0.227 e. The van der Waals surface area contributed by atoms with Gasteiger partial charge in [-0.1, -0.05) is 31.2 Å². The number of carbonyl (C=O) groups excluding carboxylic acids is 1. The van der Waals surface area contributed by atoms with Gasteiger partial charge in [-0.3, -0.25) is 19.8 Å². The molecule has 0 aliphatic carbocycles. The Morgan fingerprint density at radius 2 is 2.00 bits per heavy atom. The zero-order valence-corrected chi connectivity index (χ0v) is 16.6. The third-order valence-corrected chi connectivity index (χ3v) is 5.96. The molecule has 2 aromatic heterocycles.